The summed E-state index contributed by atoms with van der Waals surface area (Å²) in [5.41, 5.74) is 2.44. The molecule has 2 heterocycles. The predicted octanol–water partition coefficient (Wildman–Crippen LogP) is 4.33. The number of hydrogen-bond acceptors (Lipinski definition) is 4. The van der Waals surface area contributed by atoms with Crippen LogP contribution in [0.15, 0.2) is 54.5 Å². The summed E-state index contributed by atoms with van der Waals surface area (Å²) in [5, 5.41) is 17.2. The van der Waals surface area contributed by atoms with Crippen molar-refractivity contribution in [3.8, 4) is 17.3 Å². The second-order valence-electron chi connectivity index (χ2n) is 5.62. The maximum atomic E-state index is 12.5. The summed E-state index contributed by atoms with van der Waals surface area (Å²) in [6, 6.07) is 10.2. The van der Waals surface area contributed by atoms with Crippen LogP contribution in [0.1, 0.15) is 5.56 Å². The Morgan fingerprint density at radius 3 is 2.52 bits per heavy atom. The van der Waals surface area contributed by atoms with Gasteiger partial charge in [-0.3, -0.25) is 14.5 Å². The summed E-state index contributed by atoms with van der Waals surface area (Å²) in [4.78, 5) is 16.5. The molecule has 0 bridgehead atoms. The number of aryl methyl sites for hydroxylation is 1. The summed E-state index contributed by atoms with van der Waals surface area (Å²) in [5.74, 6) is -0.569. The molecule has 2 aromatic heterocycles. The van der Waals surface area contributed by atoms with Crippen LogP contribution in [-0.4, -0.2) is 20.7 Å². The van der Waals surface area contributed by atoms with Gasteiger partial charge in [0.25, 0.3) is 5.91 Å². The van der Waals surface area contributed by atoms with Crippen LogP contribution in [0.5, 0.6) is 0 Å². The number of aromatic nitrogens is 3. The fourth-order valence-corrected chi connectivity index (χ4v) is 3.00. The lowest BCUT2D eigenvalue weighted by molar-refractivity contribution is -0.112. The average Bonchev–Trinajstić information content (AvgIpc) is 2.99. The van der Waals surface area contributed by atoms with Crippen LogP contribution in [0, 0.1) is 11.3 Å². The fourth-order valence-electron chi connectivity index (χ4n) is 2.48. The third kappa shape index (κ3) is 4.53. The first kappa shape index (κ1) is 18.6. The van der Waals surface area contributed by atoms with Crippen molar-refractivity contribution in [3.05, 3.63) is 70.1 Å². The highest BCUT2D eigenvalue weighted by atomic mass is 35.5. The minimum atomic E-state index is -0.569. The molecule has 0 aliphatic carbocycles. The predicted molar refractivity (Wildman–Crippen MR) is 105 cm³/mol. The Morgan fingerprint density at radius 2 is 1.89 bits per heavy atom. The topological polar surface area (TPSA) is 83.6 Å². The first-order valence-corrected chi connectivity index (χ1v) is 8.55. The summed E-state index contributed by atoms with van der Waals surface area (Å²) in [6.07, 6.45) is 6.53. The molecule has 0 atom stereocenters. The van der Waals surface area contributed by atoms with E-state index in [0.29, 0.717) is 27.0 Å². The van der Waals surface area contributed by atoms with Crippen LogP contribution in [0.2, 0.25) is 10.0 Å². The van der Waals surface area contributed by atoms with E-state index in [4.69, 9.17) is 23.2 Å². The molecule has 27 heavy (non-hydrogen) atoms. The smallest absolute Gasteiger partial charge is 0.266 e. The number of rotatable bonds is 4. The van der Waals surface area contributed by atoms with E-state index < -0.39 is 5.91 Å². The van der Waals surface area contributed by atoms with Gasteiger partial charge in [0.15, 0.2) is 0 Å². The van der Waals surface area contributed by atoms with Crippen molar-refractivity contribution < 1.29 is 4.79 Å². The van der Waals surface area contributed by atoms with Gasteiger partial charge in [0.05, 0.1) is 5.69 Å². The normalized spacial score (nSPS) is 11.1. The highest BCUT2D eigenvalue weighted by Crippen LogP contribution is 2.25. The third-order valence-corrected chi connectivity index (χ3v) is 4.03. The molecule has 0 fully saturated rings. The molecule has 0 aliphatic rings. The molecule has 134 valence electrons. The quantitative estimate of drug-likeness (QED) is 0.524. The lowest BCUT2D eigenvalue weighted by atomic mass is 10.1. The van der Waals surface area contributed by atoms with Crippen LogP contribution in [0.25, 0.3) is 17.3 Å². The fraction of sp³-hybridized carbons (Fsp3) is 0.0526. The number of halogens is 2. The van der Waals surface area contributed by atoms with E-state index in [-0.39, 0.29) is 5.57 Å². The standard InChI is InChI=1S/C19H13Cl2N5O/c1-26-11-14(18(25-26)12-2-4-23-5-3-12)6-13(10-22)19(27)24-17-8-15(20)7-16(21)9-17/h2-9,11H,1H3,(H,24,27)/b13-6-. The molecule has 0 aliphatic heterocycles. The van der Waals surface area contributed by atoms with Crippen molar-refractivity contribution in [2.24, 2.45) is 7.05 Å². The van der Waals surface area contributed by atoms with Gasteiger partial charge in [-0.05, 0) is 36.4 Å². The average molecular weight is 398 g/mol. The van der Waals surface area contributed by atoms with Gasteiger partial charge in [-0.1, -0.05) is 23.2 Å². The number of pyridine rings is 1. The van der Waals surface area contributed by atoms with Gasteiger partial charge in [0, 0.05) is 52.5 Å². The van der Waals surface area contributed by atoms with Crippen LogP contribution >= 0.6 is 23.2 Å². The van der Waals surface area contributed by atoms with Crippen molar-refractivity contribution in [1.82, 2.24) is 14.8 Å². The van der Waals surface area contributed by atoms with Gasteiger partial charge in [-0.15, -0.1) is 0 Å². The van der Waals surface area contributed by atoms with Crippen molar-refractivity contribution in [2.75, 3.05) is 5.32 Å². The van der Waals surface area contributed by atoms with Gasteiger partial charge >= 0.3 is 0 Å². The molecular weight excluding hydrogens is 385 g/mol. The van der Waals surface area contributed by atoms with E-state index in [0.717, 1.165) is 5.56 Å². The van der Waals surface area contributed by atoms with E-state index in [1.807, 2.05) is 6.07 Å². The highest BCUT2D eigenvalue weighted by Gasteiger charge is 2.14. The number of anilines is 1. The van der Waals surface area contributed by atoms with Crippen LogP contribution in [0.4, 0.5) is 5.69 Å². The van der Waals surface area contributed by atoms with Crippen LogP contribution in [-0.2, 0) is 11.8 Å². The maximum absolute atomic E-state index is 12.5. The lowest BCUT2D eigenvalue weighted by Crippen LogP contribution is -2.13. The lowest BCUT2D eigenvalue weighted by Gasteiger charge is -2.06. The summed E-state index contributed by atoms with van der Waals surface area (Å²) in [7, 11) is 1.77. The number of carbonyl (C=O) groups is 1. The number of nitrogens with zero attached hydrogens (tertiary/aromatic N) is 4. The van der Waals surface area contributed by atoms with E-state index >= 15 is 0 Å². The molecule has 6 nitrogen and oxygen atoms in total. The van der Waals surface area contributed by atoms with E-state index in [1.165, 1.54) is 6.08 Å². The highest BCUT2D eigenvalue weighted by molar-refractivity contribution is 6.35. The number of nitriles is 1. The Kier molecular flexibility index (Phi) is 5.55. The third-order valence-electron chi connectivity index (χ3n) is 3.60. The van der Waals surface area contributed by atoms with E-state index in [2.05, 4.69) is 15.4 Å². The molecule has 1 N–H and O–H groups in total. The minimum Gasteiger partial charge on any atom is -0.321 e. The molecule has 0 spiro atoms. The molecule has 1 aromatic carbocycles. The number of benzene rings is 1. The Balaban J connectivity index is 1.93. The van der Waals surface area contributed by atoms with Gasteiger partial charge in [-0.2, -0.15) is 10.4 Å². The Labute approximate surface area is 165 Å². The van der Waals surface area contributed by atoms with Crippen molar-refractivity contribution in [2.45, 2.75) is 0 Å². The molecule has 8 heteroatoms. The first-order chi connectivity index (χ1) is 13.0. The van der Waals surface area contributed by atoms with Gasteiger partial charge in [-0.25, -0.2) is 0 Å². The monoisotopic (exact) mass is 397 g/mol. The molecule has 0 radical (unpaired) electrons. The second-order valence-corrected chi connectivity index (χ2v) is 6.50. The van der Waals surface area contributed by atoms with Crippen molar-refractivity contribution >= 4 is 40.9 Å². The first-order valence-electron chi connectivity index (χ1n) is 7.79. The van der Waals surface area contributed by atoms with Crippen LogP contribution < -0.4 is 5.32 Å². The van der Waals surface area contributed by atoms with Gasteiger partial charge in [0.2, 0.25) is 0 Å². The Hall–Kier alpha value is -3.14. The molecule has 3 rings (SSSR count). The number of carbonyl (C=O) groups excluding carboxylic acids is 1. The molecule has 1 amide bonds. The zero-order valence-corrected chi connectivity index (χ0v) is 15.7. The number of hydrogen-bond donors (Lipinski definition) is 1. The maximum Gasteiger partial charge on any atom is 0.266 e. The summed E-state index contributed by atoms with van der Waals surface area (Å²) >= 11 is 11.9. The molecule has 3 aromatic rings. The van der Waals surface area contributed by atoms with Crippen molar-refractivity contribution in [3.63, 3.8) is 0 Å². The summed E-state index contributed by atoms with van der Waals surface area (Å²) in [6.45, 7) is 0. The van der Waals surface area contributed by atoms with E-state index in [1.54, 1.807) is 60.7 Å². The zero-order valence-electron chi connectivity index (χ0n) is 14.1. The largest absolute Gasteiger partial charge is 0.321 e. The number of amides is 1. The zero-order chi connectivity index (χ0) is 19.4. The molecule has 0 unspecified atom stereocenters. The number of nitrogens with one attached hydrogen (secondary N) is 1. The molecule has 0 saturated carbocycles. The molecular formula is C19H13Cl2N5O. The SMILES string of the molecule is Cn1cc(/C=C(/C#N)C(=O)Nc2cc(Cl)cc(Cl)c2)c(-c2ccncc2)n1. The van der Waals surface area contributed by atoms with Crippen LogP contribution in [0.3, 0.4) is 0 Å². The molecule has 0 saturated heterocycles. The van der Waals surface area contributed by atoms with E-state index in [9.17, 15) is 10.1 Å². The Bertz CT molecular complexity index is 1050. The van der Waals surface area contributed by atoms with Gasteiger partial charge < -0.3 is 5.32 Å². The van der Waals surface area contributed by atoms with Crippen molar-refractivity contribution in [1.29, 1.82) is 5.26 Å². The second kappa shape index (κ2) is 8.04. The summed E-state index contributed by atoms with van der Waals surface area (Å²) < 4.78 is 1.62. The van der Waals surface area contributed by atoms with Gasteiger partial charge in [0.1, 0.15) is 11.6 Å². The minimum absolute atomic E-state index is 0.0746. The Morgan fingerprint density at radius 1 is 1.22 bits per heavy atom.